The molecule has 5 nitrogen and oxygen atoms in total. The van der Waals surface area contributed by atoms with E-state index >= 15 is 0 Å². The maximum Gasteiger partial charge on any atom is 0.257 e. The van der Waals surface area contributed by atoms with Crippen molar-refractivity contribution in [1.29, 1.82) is 0 Å². The summed E-state index contributed by atoms with van der Waals surface area (Å²) < 4.78 is 5.03. The van der Waals surface area contributed by atoms with Gasteiger partial charge < -0.3 is 20.1 Å². The van der Waals surface area contributed by atoms with Gasteiger partial charge in [0, 0.05) is 19.2 Å². The van der Waals surface area contributed by atoms with Crippen molar-refractivity contribution >= 4 is 5.91 Å². The van der Waals surface area contributed by atoms with Crippen LogP contribution in [0.2, 0.25) is 0 Å². The zero-order valence-corrected chi connectivity index (χ0v) is 12.1. The van der Waals surface area contributed by atoms with Crippen molar-refractivity contribution in [2.45, 2.75) is 25.3 Å². The molecule has 1 aromatic carbocycles. The third-order valence-electron chi connectivity index (χ3n) is 3.85. The molecule has 0 radical (unpaired) electrons. The van der Waals surface area contributed by atoms with E-state index in [-0.39, 0.29) is 17.7 Å². The Balaban J connectivity index is 2.13. The van der Waals surface area contributed by atoms with Crippen molar-refractivity contribution in [2.24, 2.45) is 0 Å². The van der Waals surface area contributed by atoms with E-state index in [4.69, 9.17) is 4.74 Å². The summed E-state index contributed by atoms with van der Waals surface area (Å²) in [4.78, 5) is 14.2. The van der Waals surface area contributed by atoms with Crippen molar-refractivity contribution in [3.05, 3.63) is 23.8 Å². The third-order valence-corrected chi connectivity index (χ3v) is 3.85. The lowest BCUT2D eigenvalue weighted by Gasteiger charge is -2.27. The molecule has 0 aliphatic carbocycles. The largest absolute Gasteiger partial charge is 0.507 e. The highest BCUT2D eigenvalue weighted by Gasteiger charge is 2.24. The van der Waals surface area contributed by atoms with E-state index in [0.717, 1.165) is 32.4 Å². The summed E-state index contributed by atoms with van der Waals surface area (Å²) in [6, 6.07) is 4.99. The van der Waals surface area contributed by atoms with Crippen molar-refractivity contribution in [3.63, 3.8) is 0 Å². The van der Waals surface area contributed by atoms with Gasteiger partial charge >= 0.3 is 0 Å². The quantitative estimate of drug-likeness (QED) is 0.882. The molecule has 1 atom stereocenters. The first kappa shape index (κ1) is 14.7. The fourth-order valence-electron chi connectivity index (χ4n) is 2.56. The normalized spacial score (nSPS) is 19.2. The third kappa shape index (κ3) is 3.22. The second-order valence-electron chi connectivity index (χ2n) is 5.13. The van der Waals surface area contributed by atoms with Crippen molar-refractivity contribution < 1.29 is 14.6 Å². The number of phenolic OH excluding ortho intramolecular Hbond substituents is 1. The van der Waals surface area contributed by atoms with E-state index in [1.807, 2.05) is 7.05 Å². The average Bonchev–Trinajstić information content (AvgIpc) is 2.74. The summed E-state index contributed by atoms with van der Waals surface area (Å²) >= 11 is 0. The molecule has 1 aliphatic heterocycles. The topological polar surface area (TPSA) is 61.8 Å². The Morgan fingerprint density at radius 2 is 2.20 bits per heavy atom. The highest BCUT2D eigenvalue weighted by molar-refractivity contribution is 5.97. The maximum absolute atomic E-state index is 12.5. The maximum atomic E-state index is 12.5. The molecule has 1 heterocycles. The highest BCUT2D eigenvalue weighted by atomic mass is 16.5. The predicted molar refractivity (Wildman–Crippen MR) is 77.3 cm³/mol. The fraction of sp³-hybridized carbons (Fsp3) is 0.533. The zero-order chi connectivity index (χ0) is 14.5. The van der Waals surface area contributed by atoms with Crippen LogP contribution < -0.4 is 10.1 Å². The van der Waals surface area contributed by atoms with Gasteiger partial charge in [-0.1, -0.05) is 0 Å². The molecule has 2 N–H and O–H groups in total. The van der Waals surface area contributed by atoms with Gasteiger partial charge in [0.2, 0.25) is 0 Å². The van der Waals surface area contributed by atoms with Gasteiger partial charge in [0.1, 0.15) is 11.5 Å². The molecule has 1 saturated heterocycles. The predicted octanol–water partition coefficient (Wildman–Crippen LogP) is 1.61. The van der Waals surface area contributed by atoms with Crippen LogP contribution in [0.15, 0.2) is 18.2 Å². The highest BCUT2D eigenvalue weighted by Crippen LogP contribution is 2.25. The van der Waals surface area contributed by atoms with Crippen molar-refractivity contribution in [2.75, 3.05) is 27.2 Å². The van der Waals surface area contributed by atoms with Gasteiger partial charge in [0.15, 0.2) is 0 Å². The number of hydrogen-bond acceptors (Lipinski definition) is 4. The van der Waals surface area contributed by atoms with Gasteiger partial charge in [-0.15, -0.1) is 0 Å². The summed E-state index contributed by atoms with van der Waals surface area (Å²) in [5.74, 6) is 0.366. The molecule has 5 heteroatoms. The standard InChI is InChI=1S/C15H22N2O3/c1-17(11-4-3-8-16-9-7-11)15(19)13-6-5-12(20-2)10-14(13)18/h5-6,10-11,16,18H,3-4,7-9H2,1-2H3. The van der Waals surface area contributed by atoms with E-state index in [0.29, 0.717) is 11.3 Å². The Morgan fingerprint density at radius 3 is 2.90 bits per heavy atom. The first-order chi connectivity index (χ1) is 9.63. The summed E-state index contributed by atoms with van der Waals surface area (Å²) in [5.41, 5.74) is 0.325. The van der Waals surface area contributed by atoms with E-state index in [2.05, 4.69) is 5.32 Å². The first-order valence-electron chi connectivity index (χ1n) is 6.98. The van der Waals surface area contributed by atoms with E-state index in [1.165, 1.54) is 13.2 Å². The van der Waals surface area contributed by atoms with Crippen LogP contribution in [0.4, 0.5) is 0 Å². The van der Waals surface area contributed by atoms with Gasteiger partial charge in [-0.25, -0.2) is 0 Å². The smallest absolute Gasteiger partial charge is 0.257 e. The van der Waals surface area contributed by atoms with Gasteiger partial charge in [-0.05, 0) is 44.5 Å². The lowest BCUT2D eigenvalue weighted by molar-refractivity contribution is 0.0717. The Labute approximate surface area is 119 Å². The molecular weight excluding hydrogens is 256 g/mol. The minimum atomic E-state index is -0.142. The van der Waals surface area contributed by atoms with Crippen LogP contribution in [0.5, 0.6) is 11.5 Å². The van der Waals surface area contributed by atoms with Crippen LogP contribution in [0.3, 0.4) is 0 Å². The SMILES string of the molecule is COc1ccc(C(=O)N(C)C2CCCNCC2)c(O)c1. The molecule has 0 saturated carbocycles. The van der Waals surface area contributed by atoms with Crippen molar-refractivity contribution in [3.8, 4) is 11.5 Å². The molecule has 0 bridgehead atoms. The molecule has 1 fully saturated rings. The molecule has 1 amide bonds. The summed E-state index contributed by atoms with van der Waals surface area (Å²) in [5, 5.41) is 13.3. The van der Waals surface area contributed by atoms with Gasteiger partial charge in [-0.3, -0.25) is 4.79 Å². The van der Waals surface area contributed by atoms with Crippen LogP contribution in [0, 0.1) is 0 Å². The second-order valence-corrected chi connectivity index (χ2v) is 5.13. The molecule has 1 aliphatic rings. The summed E-state index contributed by atoms with van der Waals surface area (Å²) in [6.45, 7) is 1.93. The minimum absolute atomic E-state index is 0.0343. The van der Waals surface area contributed by atoms with Crippen molar-refractivity contribution in [1.82, 2.24) is 10.2 Å². The number of rotatable bonds is 3. The number of hydrogen-bond donors (Lipinski definition) is 2. The molecule has 1 unspecified atom stereocenters. The van der Waals surface area contributed by atoms with E-state index in [1.54, 1.807) is 17.0 Å². The number of methoxy groups -OCH3 is 1. The minimum Gasteiger partial charge on any atom is -0.507 e. The van der Waals surface area contributed by atoms with Crippen LogP contribution in [0.1, 0.15) is 29.6 Å². The molecular formula is C15H22N2O3. The van der Waals surface area contributed by atoms with Gasteiger partial charge in [0.25, 0.3) is 5.91 Å². The average molecular weight is 278 g/mol. The fourth-order valence-corrected chi connectivity index (χ4v) is 2.56. The number of nitrogens with zero attached hydrogens (tertiary/aromatic N) is 1. The second kappa shape index (κ2) is 6.61. The molecule has 0 aromatic heterocycles. The number of amides is 1. The molecule has 1 aromatic rings. The first-order valence-corrected chi connectivity index (χ1v) is 6.98. The van der Waals surface area contributed by atoms with Crippen LogP contribution in [-0.4, -0.2) is 49.2 Å². The Hall–Kier alpha value is -1.75. The van der Waals surface area contributed by atoms with Gasteiger partial charge in [0.05, 0.1) is 12.7 Å². The summed E-state index contributed by atoms with van der Waals surface area (Å²) in [6.07, 6.45) is 3.00. The molecule has 2 rings (SSSR count). The number of aromatic hydroxyl groups is 1. The van der Waals surface area contributed by atoms with Crippen LogP contribution in [0.25, 0.3) is 0 Å². The lowest BCUT2D eigenvalue weighted by atomic mass is 10.1. The van der Waals surface area contributed by atoms with Crippen LogP contribution in [-0.2, 0) is 0 Å². The number of phenols is 1. The van der Waals surface area contributed by atoms with Crippen LogP contribution >= 0.6 is 0 Å². The number of carbonyl (C=O) groups excluding carboxylic acids is 1. The number of nitrogens with one attached hydrogen (secondary N) is 1. The molecule has 0 spiro atoms. The Kier molecular flexibility index (Phi) is 4.84. The van der Waals surface area contributed by atoms with Gasteiger partial charge in [-0.2, -0.15) is 0 Å². The summed E-state index contributed by atoms with van der Waals surface area (Å²) in [7, 11) is 3.34. The zero-order valence-electron chi connectivity index (χ0n) is 12.1. The number of carbonyl (C=O) groups is 1. The molecule has 110 valence electrons. The van der Waals surface area contributed by atoms with E-state index in [9.17, 15) is 9.90 Å². The number of benzene rings is 1. The Morgan fingerprint density at radius 1 is 1.40 bits per heavy atom. The molecule has 20 heavy (non-hydrogen) atoms. The van der Waals surface area contributed by atoms with E-state index < -0.39 is 0 Å². The lowest BCUT2D eigenvalue weighted by Crippen LogP contribution is -2.37. The number of ether oxygens (including phenoxy) is 1. The Bertz CT molecular complexity index is 468. The monoisotopic (exact) mass is 278 g/mol.